The fourth-order valence-corrected chi connectivity index (χ4v) is 2.54. The molecular formula is C13H24N4O. The number of hydrogen-bond donors (Lipinski definition) is 2. The van der Waals surface area contributed by atoms with E-state index in [1.807, 2.05) is 6.07 Å². The molecule has 0 radical (unpaired) electrons. The van der Waals surface area contributed by atoms with E-state index in [0.717, 1.165) is 6.54 Å². The van der Waals surface area contributed by atoms with E-state index in [1.54, 1.807) is 0 Å². The second-order valence-electron chi connectivity index (χ2n) is 5.19. The summed E-state index contributed by atoms with van der Waals surface area (Å²) >= 11 is 0. The minimum Gasteiger partial charge on any atom is -0.354 e. The normalized spacial score (nSPS) is 17.7. The highest BCUT2D eigenvalue weighted by molar-refractivity contribution is 5.77. The first-order chi connectivity index (χ1) is 8.60. The summed E-state index contributed by atoms with van der Waals surface area (Å²) < 4.78 is 0. The summed E-state index contributed by atoms with van der Waals surface area (Å²) in [5.74, 6) is -0.0304. The predicted octanol–water partition coefficient (Wildman–Crippen LogP) is 0.480. The molecule has 1 amide bonds. The lowest BCUT2D eigenvalue weighted by molar-refractivity contribution is -0.120. The van der Waals surface area contributed by atoms with Gasteiger partial charge in [-0.1, -0.05) is 12.8 Å². The summed E-state index contributed by atoms with van der Waals surface area (Å²) in [5, 5.41) is 14.3. The molecule has 0 aromatic heterocycles. The summed E-state index contributed by atoms with van der Waals surface area (Å²) in [6.45, 7) is 1.63. The number of carbonyl (C=O) groups is 1. The van der Waals surface area contributed by atoms with Crippen LogP contribution in [0, 0.1) is 11.3 Å². The highest BCUT2D eigenvalue weighted by atomic mass is 16.1. The smallest absolute Gasteiger partial charge is 0.233 e. The minimum atomic E-state index is -0.0304. The van der Waals surface area contributed by atoms with Gasteiger partial charge in [-0.15, -0.1) is 0 Å². The molecule has 0 aliphatic heterocycles. The standard InChI is InChI=1S/C13H24N4O/c1-17(2)13(6-3-4-7-13)11-15-10-12(18)16-9-5-8-14/h15H,3-7,9-11H2,1-2H3,(H,16,18). The van der Waals surface area contributed by atoms with Crippen molar-refractivity contribution >= 4 is 5.91 Å². The monoisotopic (exact) mass is 252 g/mol. The van der Waals surface area contributed by atoms with Crippen LogP contribution in [-0.4, -0.2) is 50.1 Å². The summed E-state index contributed by atoms with van der Waals surface area (Å²) in [5.41, 5.74) is 0.215. The van der Waals surface area contributed by atoms with Gasteiger partial charge in [-0.25, -0.2) is 0 Å². The van der Waals surface area contributed by atoms with Gasteiger partial charge in [-0.3, -0.25) is 4.79 Å². The van der Waals surface area contributed by atoms with Crippen molar-refractivity contribution in [2.45, 2.75) is 37.6 Å². The number of likely N-dealkylation sites (N-methyl/N-ethyl adjacent to an activating group) is 1. The Bertz CT molecular complexity index is 303. The first-order valence-electron chi connectivity index (χ1n) is 6.62. The molecular weight excluding hydrogens is 228 g/mol. The van der Waals surface area contributed by atoms with Crippen molar-refractivity contribution < 1.29 is 4.79 Å². The van der Waals surface area contributed by atoms with E-state index in [-0.39, 0.29) is 11.4 Å². The molecule has 1 rings (SSSR count). The molecule has 1 saturated carbocycles. The summed E-state index contributed by atoms with van der Waals surface area (Å²) in [6, 6.07) is 2.00. The van der Waals surface area contributed by atoms with Gasteiger partial charge in [-0.2, -0.15) is 5.26 Å². The SMILES string of the molecule is CN(C)C1(CNCC(=O)NCCC#N)CCCC1. The van der Waals surface area contributed by atoms with Crippen molar-refractivity contribution in [1.29, 1.82) is 5.26 Å². The van der Waals surface area contributed by atoms with Gasteiger partial charge in [0.05, 0.1) is 19.0 Å². The number of hydrogen-bond acceptors (Lipinski definition) is 4. The van der Waals surface area contributed by atoms with Gasteiger partial charge in [-0.05, 0) is 26.9 Å². The molecule has 1 fully saturated rings. The maximum atomic E-state index is 11.5. The Kier molecular flexibility index (Phi) is 6.10. The van der Waals surface area contributed by atoms with Crippen LogP contribution in [0.2, 0.25) is 0 Å². The van der Waals surface area contributed by atoms with Crippen molar-refractivity contribution in [2.75, 3.05) is 33.7 Å². The molecule has 0 spiro atoms. The zero-order chi connectivity index (χ0) is 13.4. The number of nitrogens with zero attached hydrogens (tertiary/aromatic N) is 2. The van der Waals surface area contributed by atoms with Crippen molar-refractivity contribution in [3.05, 3.63) is 0 Å². The number of nitrogens with one attached hydrogen (secondary N) is 2. The van der Waals surface area contributed by atoms with Gasteiger partial charge < -0.3 is 15.5 Å². The van der Waals surface area contributed by atoms with E-state index in [0.29, 0.717) is 19.5 Å². The van der Waals surface area contributed by atoms with Crippen LogP contribution in [0.1, 0.15) is 32.1 Å². The molecule has 0 unspecified atom stereocenters. The van der Waals surface area contributed by atoms with Crippen molar-refractivity contribution in [1.82, 2.24) is 15.5 Å². The zero-order valence-electron chi connectivity index (χ0n) is 11.5. The third-order valence-corrected chi connectivity index (χ3v) is 3.78. The average Bonchev–Trinajstić information content (AvgIpc) is 2.79. The largest absolute Gasteiger partial charge is 0.354 e. The van der Waals surface area contributed by atoms with Gasteiger partial charge in [0, 0.05) is 18.6 Å². The topological polar surface area (TPSA) is 68.2 Å². The molecule has 1 aliphatic rings. The highest BCUT2D eigenvalue weighted by Crippen LogP contribution is 2.32. The van der Waals surface area contributed by atoms with E-state index >= 15 is 0 Å². The minimum absolute atomic E-state index is 0.0304. The molecule has 5 nitrogen and oxygen atoms in total. The fraction of sp³-hybridized carbons (Fsp3) is 0.846. The van der Waals surface area contributed by atoms with E-state index in [2.05, 4.69) is 29.6 Å². The Morgan fingerprint density at radius 3 is 2.61 bits per heavy atom. The van der Waals surface area contributed by atoms with E-state index in [4.69, 9.17) is 5.26 Å². The van der Waals surface area contributed by atoms with Crippen LogP contribution in [0.3, 0.4) is 0 Å². The lowest BCUT2D eigenvalue weighted by atomic mass is 9.96. The molecule has 18 heavy (non-hydrogen) atoms. The molecule has 102 valence electrons. The fourth-order valence-electron chi connectivity index (χ4n) is 2.54. The molecule has 1 aliphatic carbocycles. The quantitative estimate of drug-likeness (QED) is 0.647. The molecule has 0 aromatic rings. The Hall–Kier alpha value is -1.12. The van der Waals surface area contributed by atoms with Crippen molar-refractivity contribution in [3.8, 4) is 6.07 Å². The van der Waals surface area contributed by atoms with Gasteiger partial charge in [0.25, 0.3) is 0 Å². The maximum Gasteiger partial charge on any atom is 0.233 e. The zero-order valence-corrected chi connectivity index (χ0v) is 11.5. The molecule has 0 heterocycles. The molecule has 0 atom stereocenters. The second kappa shape index (κ2) is 7.34. The highest BCUT2D eigenvalue weighted by Gasteiger charge is 2.35. The van der Waals surface area contributed by atoms with Crippen LogP contribution in [0.5, 0.6) is 0 Å². The first-order valence-corrected chi connectivity index (χ1v) is 6.62. The van der Waals surface area contributed by atoms with Gasteiger partial charge in [0.15, 0.2) is 0 Å². The third-order valence-electron chi connectivity index (χ3n) is 3.78. The van der Waals surface area contributed by atoms with Crippen LogP contribution in [0.25, 0.3) is 0 Å². The Labute approximate surface area is 110 Å². The molecule has 0 aromatic carbocycles. The summed E-state index contributed by atoms with van der Waals surface area (Å²) in [6.07, 6.45) is 5.31. The van der Waals surface area contributed by atoms with E-state index < -0.39 is 0 Å². The number of nitriles is 1. The maximum absolute atomic E-state index is 11.5. The Morgan fingerprint density at radius 2 is 2.06 bits per heavy atom. The lowest BCUT2D eigenvalue weighted by Gasteiger charge is -2.36. The number of rotatable bonds is 7. The average molecular weight is 252 g/mol. The van der Waals surface area contributed by atoms with E-state index in [1.165, 1.54) is 25.7 Å². The molecule has 5 heteroatoms. The molecule has 2 N–H and O–H groups in total. The van der Waals surface area contributed by atoms with Crippen LogP contribution < -0.4 is 10.6 Å². The predicted molar refractivity (Wildman–Crippen MR) is 71.0 cm³/mol. The first kappa shape index (κ1) is 14.9. The van der Waals surface area contributed by atoms with Crippen molar-refractivity contribution in [3.63, 3.8) is 0 Å². The van der Waals surface area contributed by atoms with Gasteiger partial charge >= 0.3 is 0 Å². The van der Waals surface area contributed by atoms with Crippen molar-refractivity contribution in [2.24, 2.45) is 0 Å². The summed E-state index contributed by atoms with van der Waals surface area (Å²) in [7, 11) is 4.22. The van der Waals surface area contributed by atoms with Crippen LogP contribution in [0.4, 0.5) is 0 Å². The van der Waals surface area contributed by atoms with Gasteiger partial charge in [0.2, 0.25) is 5.91 Å². The Morgan fingerprint density at radius 1 is 1.39 bits per heavy atom. The van der Waals surface area contributed by atoms with E-state index in [9.17, 15) is 4.79 Å². The van der Waals surface area contributed by atoms with Crippen LogP contribution in [-0.2, 0) is 4.79 Å². The molecule has 0 saturated heterocycles. The van der Waals surface area contributed by atoms with Gasteiger partial charge in [0.1, 0.15) is 0 Å². The number of carbonyl (C=O) groups excluding carboxylic acids is 1. The third kappa shape index (κ3) is 4.28. The Balaban J connectivity index is 2.23. The lowest BCUT2D eigenvalue weighted by Crippen LogP contribution is -2.51. The summed E-state index contributed by atoms with van der Waals surface area (Å²) in [4.78, 5) is 13.7. The van der Waals surface area contributed by atoms with Crippen LogP contribution >= 0.6 is 0 Å². The number of amides is 1. The second-order valence-corrected chi connectivity index (χ2v) is 5.19. The van der Waals surface area contributed by atoms with Crippen LogP contribution in [0.15, 0.2) is 0 Å². The molecule has 0 bridgehead atoms.